The minimum absolute atomic E-state index is 0.0636. The number of nitrogens with two attached hydrogens (primary N) is 1. The van der Waals surface area contributed by atoms with Crippen LogP contribution in [-0.2, 0) is 11.2 Å². The normalized spacial score (nSPS) is 30.8. The Labute approximate surface area is 94.2 Å². The highest BCUT2D eigenvalue weighted by molar-refractivity contribution is 8.01. The molecule has 80 valence electrons. The molecule has 2 nitrogen and oxygen atoms in total. The minimum atomic E-state index is -0.287. The second-order valence-corrected chi connectivity index (χ2v) is 5.52. The summed E-state index contributed by atoms with van der Waals surface area (Å²) < 4.78 is 0. The van der Waals surface area contributed by atoms with Crippen molar-refractivity contribution in [1.82, 2.24) is 0 Å². The van der Waals surface area contributed by atoms with Gasteiger partial charge in [-0.3, -0.25) is 4.79 Å². The molecule has 0 bridgehead atoms. The Hall–Kier alpha value is -0.800. The van der Waals surface area contributed by atoms with E-state index in [-0.39, 0.29) is 22.3 Å². The van der Waals surface area contributed by atoms with Gasteiger partial charge in [-0.15, -0.1) is 11.8 Å². The third kappa shape index (κ3) is 2.24. The van der Waals surface area contributed by atoms with E-state index in [9.17, 15) is 4.79 Å². The zero-order chi connectivity index (χ0) is 10.8. The van der Waals surface area contributed by atoms with Gasteiger partial charge in [0.05, 0.1) is 11.3 Å². The molecule has 2 N–H and O–H groups in total. The van der Waals surface area contributed by atoms with Gasteiger partial charge >= 0.3 is 0 Å². The number of carbonyl (C=O) groups is 1. The summed E-state index contributed by atoms with van der Waals surface area (Å²) >= 11 is 1.70. The predicted molar refractivity (Wildman–Crippen MR) is 64.0 cm³/mol. The summed E-state index contributed by atoms with van der Waals surface area (Å²) in [6, 6.07) is 9.92. The summed E-state index contributed by atoms with van der Waals surface area (Å²) in [6.45, 7) is 1.94. The van der Waals surface area contributed by atoms with Gasteiger partial charge in [0.15, 0.2) is 5.78 Å². The molecule has 0 aliphatic carbocycles. The van der Waals surface area contributed by atoms with E-state index in [2.05, 4.69) is 12.1 Å². The number of ketones is 1. The van der Waals surface area contributed by atoms with E-state index in [0.717, 1.165) is 6.42 Å². The Bertz CT molecular complexity index is 352. The van der Waals surface area contributed by atoms with Gasteiger partial charge in [0.2, 0.25) is 0 Å². The lowest BCUT2D eigenvalue weighted by molar-refractivity contribution is -0.118. The first-order valence-electron chi connectivity index (χ1n) is 5.17. The molecule has 1 aromatic rings. The fraction of sp³-hybridized carbons (Fsp3) is 0.417. The molecule has 1 saturated heterocycles. The van der Waals surface area contributed by atoms with Crippen LogP contribution >= 0.6 is 11.8 Å². The van der Waals surface area contributed by atoms with Crippen molar-refractivity contribution in [3.63, 3.8) is 0 Å². The molecule has 0 radical (unpaired) electrons. The summed E-state index contributed by atoms with van der Waals surface area (Å²) in [5, 5.41) is 0.309. The largest absolute Gasteiger partial charge is 0.321 e. The summed E-state index contributed by atoms with van der Waals surface area (Å²) in [4.78, 5) is 11.6. The van der Waals surface area contributed by atoms with E-state index in [0.29, 0.717) is 0 Å². The summed E-state index contributed by atoms with van der Waals surface area (Å²) in [7, 11) is 0. The molecule has 1 aliphatic heterocycles. The van der Waals surface area contributed by atoms with Crippen LogP contribution in [0.5, 0.6) is 0 Å². The fourth-order valence-corrected chi connectivity index (χ4v) is 3.30. The molecule has 1 heterocycles. The van der Waals surface area contributed by atoms with Crippen LogP contribution in [-0.4, -0.2) is 22.3 Å². The van der Waals surface area contributed by atoms with Gasteiger partial charge in [0, 0.05) is 5.25 Å². The van der Waals surface area contributed by atoms with Crippen molar-refractivity contribution in [1.29, 1.82) is 0 Å². The second-order valence-electron chi connectivity index (χ2n) is 3.93. The molecule has 1 aromatic carbocycles. The van der Waals surface area contributed by atoms with Gasteiger partial charge in [-0.2, -0.15) is 0 Å². The van der Waals surface area contributed by atoms with Gasteiger partial charge in [0.25, 0.3) is 0 Å². The zero-order valence-corrected chi connectivity index (χ0v) is 9.54. The molecular formula is C12H15NOS. The first-order valence-corrected chi connectivity index (χ1v) is 6.11. The third-order valence-electron chi connectivity index (χ3n) is 2.79. The van der Waals surface area contributed by atoms with Crippen molar-refractivity contribution >= 4 is 17.5 Å². The molecule has 0 aromatic heterocycles. The van der Waals surface area contributed by atoms with Crippen LogP contribution in [0.25, 0.3) is 0 Å². The minimum Gasteiger partial charge on any atom is -0.321 e. The number of Topliss-reactive ketones (excluding diaryl/α,β-unsaturated/α-hetero) is 1. The molecule has 0 amide bonds. The highest BCUT2D eigenvalue weighted by Crippen LogP contribution is 2.32. The quantitative estimate of drug-likeness (QED) is 0.825. The van der Waals surface area contributed by atoms with E-state index >= 15 is 0 Å². The highest BCUT2D eigenvalue weighted by Gasteiger charge is 2.37. The van der Waals surface area contributed by atoms with Crippen molar-refractivity contribution in [3.8, 4) is 0 Å². The molecule has 3 atom stereocenters. The first-order chi connectivity index (χ1) is 7.18. The smallest absolute Gasteiger partial charge is 0.163 e. The third-order valence-corrected chi connectivity index (χ3v) is 4.24. The number of hydrogen-bond donors (Lipinski definition) is 1. The number of rotatable bonds is 2. The number of thioether (sulfide) groups is 1. The van der Waals surface area contributed by atoms with Crippen molar-refractivity contribution in [2.24, 2.45) is 5.73 Å². The van der Waals surface area contributed by atoms with Crippen LogP contribution in [0, 0.1) is 0 Å². The monoisotopic (exact) mass is 221 g/mol. The molecule has 0 spiro atoms. The number of hydrogen-bond acceptors (Lipinski definition) is 3. The van der Waals surface area contributed by atoms with Crippen LogP contribution < -0.4 is 5.73 Å². The summed E-state index contributed by atoms with van der Waals surface area (Å²) in [6.07, 6.45) is 0.892. The maximum atomic E-state index is 11.6. The Morgan fingerprint density at radius 2 is 2.00 bits per heavy atom. The van der Waals surface area contributed by atoms with Crippen LogP contribution in [0.2, 0.25) is 0 Å². The van der Waals surface area contributed by atoms with Crippen molar-refractivity contribution < 1.29 is 4.79 Å². The highest BCUT2D eigenvalue weighted by atomic mass is 32.2. The van der Waals surface area contributed by atoms with E-state index in [1.54, 1.807) is 11.8 Å². The molecule has 1 fully saturated rings. The van der Waals surface area contributed by atoms with Gasteiger partial charge in [-0.25, -0.2) is 0 Å². The molecule has 3 unspecified atom stereocenters. The standard InChI is InChI=1S/C12H15NOS/c1-8-12(14)11(13)10(15-8)7-9-5-3-2-4-6-9/h2-6,8,10-11H,7,13H2,1H3. The van der Waals surface area contributed by atoms with E-state index < -0.39 is 0 Å². The van der Waals surface area contributed by atoms with E-state index in [1.807, 2.05) is 25.1 Å². The van der Waals surface area contributed by atoms with Crippen LogP contribution in [0.4, 0.5) is 0 Å². The summed E-state index contributed by atoms with van der Waals surface area (Å²) in [5.74, 6) is 0.195. The lowest BCUT2D eigenvalue weighted by Crippen LogP contribution is -2.37. The lowest BCUT2D eigenvalue weighted by atomic mass is 10.0. The predicted octanol–water partition coefficient (Wildman–Crippen LogP) is 1.63. The SMILES string of the molecule is CC1SC(Cc2ccccc2)C(N)C1=O. The molecule has 3 heteroatoms. The molecule has 1 aliphatic rings. The van der Waals surface area contributed by atoms with Gasteiger partial charge in [0.1, 0.15) is 0 Å². The van der Waals surface area contributed by atoms with E-state index in [1.165, 1.54) is 5.56 Å². The average molecular weight is 221 g/mol. The second kappa shape index (κ2) is 4.37. The molecule has 0 saturated carbocycles. The van der Waals surface area contributed by atoms with E-state index in [4.69, 9.17) is 5.73 Å². The summed E-state index contributed by atoms with van der Waals surface area (Å²) in [5.41, 5.74) is 7.15. The van der Waals surface area contributed by atoms with Crippen molar-refractivity contribution in [3.05, 3.63) is 35.9 Å². The van der Waals surface area contributed by atoms with Crippen LogP contribution in [0.15, 0.2) is 30.3 Å². The maximum Gasteiger partial charge on any atom is 0.163 e. The Morgan fingerprint density at radius 1 is 1.33 bits per heavy atom. The number of carbonyl (C=O) groups excluding carboxylic acids is 1. The first kappa shape index (κ1) is 10.7. The average Bonchev–Trinajstić information content (AvgIpc) is 2.48. The van der Waals surface area contributed by atoms with Crippen molar-refractivity contribution in [2.75, 3.05) is 0 Å². The molecule has 2 rings (SSSR count). The topological polar surface area (TPSA) is 43.1 Å². The van der Waals surface area contributed by atoms with Gasteiger partial charge < -0.3 is 5.73 Å². The Kier molecular flexibility index (Phi) is 3.12. The van der Waals surface area contributed by atoms with Gasteiger partial charge in [-0.05, 0) is 18.9 Å². The number of benzene rings is 1. The maximum absolute atomic E-state index is 11.6. The van der Waals surface area contributed by atoms with Crippen LogP contribution in [0.3, 0.4) is 0 Å². The molecular weight excluding hydrogens is 206 g/mol. The van der Waals surface area contributed by atoms with Crippen molar-refractivity contribution in [2.45, 2.75) is 29.9 Å². The Morgan fingerprint density at radius 3 is 2.53 bits per heavy atom. The lowest BCUT2D eigenvalue weighted by Gasteiger charge is -2.12. The Balaban J connectivity index is 2.05. The zero-order valence-electron chi connectivity index (χ0n) is 8.72. The molecule has 15 heavy (non-hydrogen) atoms. The van der Waals surface area contributed by atoms with Gasteiger partial charge in [-0.1, -0.05) is 30.3 Å². The van der Waals surface area contributed by atoms with Crippen LogP contribution in [0.1, 0.15) is 12.5 Å². The fourth-order valence-electron chi connectivity index (χ4n) is 1.89.